The van der Waals surface area contributed by atoms with Crippen molar-refractivity contribution in [3.05, 3.63) is 10.4 Å². The van der Waals surface area contributed by atoms with Crippen LogP contribution in [0.3, 0.4) is 0 Å². The number of H-pyrrole nitrogens is 1. The molecule has 10 heteroatoms. The first-order chi connectivity index (χ1) is 9.88. The van der Waals surface area contributed by atoms with Crippen molar-refractivity contribution in [2.24, 2.45) is 10.7 Å². The summed E-state index contributed by atoms with van der Waals surface area (Å²) < 4.78 is 5.43. The predicted molar refractivity (Wildman–Crippen MR) is 74.9 cm³/mol. The molecule has 3 heterocycles. The molecule has 7 N–H and O–H groups in total. The lowest BCUT2D eigenvalue weighted by Crippen LogP contribution is -2.57. The molecule has 3 rings (SSSR count). The lowest BCUT2D eigenvalue weighted by Gasteiger charge is -2.31. The summed E-state index contributed by atoms with van der Waals surface area (Å²) in [5, 5.41) is 20.1. The van der Waals surface area contributed by atoms with Gasteiger partial charge in [0, 0.05) is 6.54 Å². The Morgan fingerprint density at radius 1 is 1.48 bits per heavy atom. The number of aliphatic hydroxyl groups excluding tert-OH is 2. The number of nitrogens with zero attached hydrogens (tertiary/aromatic N) is 3. The van der Waals surface area contributed by atoms with Crippen molar-refractivity contribution in [1.29, 1.82) is 0 Å². The number of hydrogen-bond acceptors (Lipinski definition) is 8. The smallest absolute Gasteiger partial charge is 0.284 e. The Kier molecular flexibility index (Phi) is 3.07. The van der Waals surface area contributed by atoms with Gasteiger partial charge in [-0.3, -0.25) is 9.78 Å². The molecule has 5 atom stereocenters. The van der Waals surface area contributed by atoms with Gasteiger partial charge in [0.25, 0.3) is 11.4 Å². The third-order valence-corrected chi connectivity index (χ3v) is 3.88. The molecule has 2 aliphatic heterocycles. The van der Waals surface area contributed by atoms with Crippen LogP contribution in [0.2, 0.25) is 0 Å². The van der Waals surface area contributed by atoms with Gasteiger partial charge in [0.1, 0.15) is 12.2 Å². The number of likely N-dealkylation sites (N-methyl/N-ethyl adjacent to an activating group) is 1. The van der Waals surface area contributed by atoms with Gasteiger partial charge in [-0.05, 0) is 0 Å². The van der Waals surface area contributed by atoms with E-state index in [0.29, 0.717) is 0 Å². The van der Waals surface area contributed by atoms with Gasteiger partial charge in [-0.1, -0.05) is 0 Å². The molecular formula is C11H17N6O4+. The van der Waals surface area contributed by atoms with Crippen molar-refractivity contribution in [1.82, 2.24) is 14.5 Å². The fourth-order valence-electron chi connectivity index (χ4n) is 2.71. The van der Waals surface area contributed by atoms with Crippen molar-refractivity contribution in [3.63, 3.8) is 0 Å². The molecule has 0 spiro atoms. The van der Waals surface area contributed by atoms with Crippen molar-refractivity contribution >= 4 is 23.8 Å². The van der Waals surface area contributed by atoms with Crippen LogP contribution in [0.4, 0.5) is 17.5 Å². The maximum Gasteiger partial charge on any atom is 0.284 e. The van der Waals surface area contributed by atoms with Gasteiger partial charge in [0.2, 0.25) is 17.9 Å². The van der Waals surface area contributed by atoms with Crippen LogP contribution in [-0.4, -0.2) is 64.7 Å². The number of anilines is 1. The van der Waals surface area contributed by atoms with Crippen LogP contribution < -0.4 is 21.5 Å². The van der Waals surface area contributed by atoms with Crippen LogP contribution >= 0.6 is 0 Å². The summed E-state index contributed by atoms with van der Waals surface area (Å²) in [6, 6.07) is 0. The number of nitrogen functional groups attached to an aromatic ring is 1. The van der Waals surface area contributed by atoms with Crippen molar-refractivity contribution in [2.45, 2.75) is 24.5 Å². The van der Waals surface area contributed by atoms with E-state index >= 15 is 0 Å². The topological polar surface area (TPSA) is 160 Å². The van der Waals surface area contributed by atoms with Crippen molar-refractivity contribution < 1.29 is 14.9 Å². The number of quaternary nitrogens is 1. The van der Waals surface area contributed by atoms with E-state index in [-0.39, 0.29) is 28.5 Å². The van der Waals surface area contributed by atoms with Gasteiger partial charge < -0.3 is 26.4 Å². The van der Waals surface area contributed by atoms with E-state index in [1.165, 1.54) is 6.34 Å². The summed E-state index contributed by atoms with van der Waals surface area (Å²) in [6.07, 6.45) is -2.47. The highest BCUT2D eigenvalue weighted by Gasteiger charge is 2.55. The number of aliphatic hydroxyl groups is 2. The molecule has 0 bridgehead atoms. The Balaban J connectivity index is 2.06. The summed E-state index contributed by atoms with van der Waals surface area (Å²) in [5.74, 6) is 0.196. The third kappa shape index (κ3) is 1.88. The summed E-state index contributed by atoms with van der Waals surface area (Å²) in [7, 11) is 1.65. The van der Waals surface area contributed by atoms with E-state index < -0.39 is 30.1 Å². The molecule has 0 radical (unpaired) electrons. The van der Waals surface area contributed by atoms with E-state index in [9.17, 15) is 15.0 Å². The average Bonchev–Trinajstić information content (AvgIpc) is 2.91. The summed E-state index contributed by atoms with van der Waals surface area (Å²) in [5.41, 5.74) is 10.7. The molecule has 1 fully saturated rings. The number of fused-ring (bicyclic) bond motifs is 1. The molecule has 0 aliphatic carbocycles. The number of nitrogens with two attached hydrogens (primary N) is 2. The number of aromatic nitrogens is 2. The van der Waals surface area contributed by atoms with Crippen LogP contribution in [0.15, 0.2) is 9.79 Å². The highest BCUT2D eigenvalue weighted by Crippen LogP contribution is 2.38. The molecule has 21 heavy (non-hydrogen) atoms. The maximum atomic E-state index is 11.8. The van der Waals surface area contributed by atoms with Crippen LogP contribution in [-0.2, 0) is 4.74 Å². The zero-order valence-electron chi connectivity index (χ0n) is 11.3. The number of nitrogens with one attached hydrogen (secondary N) is 1. The van der Waals surface area contributed by atoms with Gasteiger partial charge >= 0.3 is 0 Å². The average molecular weight is 297 g/mol. The lowest BCUT2D eigenvalue weighted by atomic mass is 10.1. The molecule has 0 aromatic carbocycles. The second-order valence-corrected chi connectivity index (χ2v) is 5.30. The highest BCUT2D eigenvalue weighted by molar-refractivity contribution is 5.86. The molecule has 0 amide bonds. The van der Waals surface area contributed by atoms with Crippen LogP contribution in [0, 0.1) is 0 Å². The van der Waals surface area contributed by atoms with E-state index in [2.05, 4.69) is 15.0 Å². The van der Waals surface area contributed by atoms with Gasteiger partial charge in [0.15, 0.2) is 12.4 Å². The SMILES string of the molecule is C[N+]1(C2OC(CN)C(O)C2O)C=Nc2c1nc(N)[nH]c2=O. The summed E-state index contributed by atoms with van der Waals surface area (Å²) in [6.45, 7) is 0.0592. The Morgan fingerprint density at radius 2 is 2.19 bits per heavy atom. The number of ether oxygens (including phenoxy) is 1. The Labute approximate surface area is 119 Å². The van der Waals surface area contributed by atoms with E-state index in [4.69, 9.17) is 16.2 Å². The highest BCUT2D eigenvalue weighted by atomic mass is 16.6. The van der Waals surface area contributed by atoms with Crippen molar-refractivity contribution in [2.75, 3.05) is 19.3 Å². The Morgan fingerprint density at radius 3 is 2.81 bits per heavy atom. The third-order valence-electron chi connectivity index (χ3n) is 3.88. The van der Waals surface area contributed by atoms with Gasteiger partial charge in [0.05, 0.1) is 7.05 Å². The molecule has 10 nitrogen and oxygen atoms in total. The fraction of sp³-hybridized carbons (Fsp3) is 0.545. The minimum Gasteiger partial charge on any atom is -0.387 e. The monoisotopic (exact) mass is 297 g/mol. The first kappa shape index (κ1) is 14.1. The second kappa shape index (κ2) is 4.58. The number of hydrogen-bond donors (Lipinski definition) is 5. The minimum atomic E-state index is -1.19. The predicted octanol–water partition coefficient (Wildman–Crippen LogP) is -2.63. The van der Waals surface area contributed by atoms with E-state index in [1.807, 2.05) is 0 Å². The number of aromatic amines is 1. The quantitative estimate of drug-likeness (QED) is 0.373. The van der Waals surface area contributed by atoms with Gasteiger partial charge in [-0.2, -0.15) is 9.98 Å². The molecule has 0 saturated carbocycles. The Hall–Kier alpha value is -1.85. The molecular weight excluding hydrogens is 280 g/mol. The van der Waals surface area contributed by atoms with Crippen molar-refractivity contribution in [3.8, 4) is 0 Å². The standard InChI is InChI=1S/C11H16N6O4/c1-17(10-7(19)6(18)4(2-12)21-10)3-14-5-8(17)15-11(13)16-9(5)20/h3-4,6-7,10,18-19H,2,12H2,1H3,(H2-,13,15,16,20)/p+1. The number of rotatable bonds is 2. The largest absolute Gasteiger partial charge is 0.387 e. The summed E-state index contributed by atoms with van der Waals surface area (Å²) in [4.78, 5) is 22.3. The second-order valence-electron chi connectivity index (χ2n) is 5.30. The lowest BCUT2D eigenvalue weighted by molar-refractivity contribution is -0.0446. The normalized spacial score (nSPS) is 37.9. The zero-order chi connectivity index (χ0) is 15.4. The van der Waals surface area contributed by atoms with Gasteiger partial charge in [-0.15, -0.1) is 0 Å². The zero-order valence-corrected chi connectivity index (χ0v) is 11.3. The van der Waals surface area contributed by atoms with Crippen LogP contribution in [0.25, 0.3) is 0 Å². The number of aliphatic imine (C=N–C) groups is 1. The first-order valence-electron chi connectivity index (χ1n) is 6.41. The molecule has 1 aromatic heterocycles. The van der Waals surface area contributed by atoms with Crippen LogP contribution in [0.1, 0.15) is 0 Å². The first-order valence-corrected chi connectivity index (χ1v) is 6.41. The fourth-order valence-corrected chi connectivity index (χ4v) is 2.71. The molecule has 2 aliphatic rings. The summed E-state index contributed by atoms with van der Waals surface area (Å²) >= 11 is 0. The van der Waals surface area contributed by atoms with Gasteiger partial charge in [-0.25, -0.2) is 4.48 Å². The minimum absolute atomic E-state index is 0.0583. The van der Waals surface area contributed by atoms with Crippen LogP contribution in [0.5, 0.6) is 0 Å². The molecule has 1 aromatic rings. The molecule has 114 valence electrons. The molecule has 1 saturated heterocycles. The van der Waals surface area contributed by atoms with E-state index in [1.54, 1.807) is 7.05 Å². The maximum absolute atomic E-state index is 11.8. The molecule has 5 unspecified atom stereocenters. The Bertz CT molecular complexity index is 661. The van der Waals surface area contributed by atoms with E-state index in [0.717, 1.165) is 0 Å².